The first kappa shape index (κ1) is 11.2. The molecule has 3 nitrogen and oxygen atoms in total. The molecule has 0 unspecified atom stereocenters. The predicted molar refractivity (Wildman–Crippen MR) is 69.8 cm³/mol. The molecule has 3 rings (SSSR count). The molecule has 0 saturated carbocycles. The van der Waals surface area contributed by atoms with Crippen molar-refractivity contribution in [3.8, 4) is 0 Å². The minimum absolute atomic E-state index is 0.257. The Hall–Kier alpha value is -1.90. The Labute approximate surface area is 106 Å². The van der Waals surface area contributed by atoms with Crippen molar-refractivity contribution < 1.29 is 4.79 Å². The number of hydrogen-bond acceptors (Lipinski definition) is 2. The molecule has 1 aromatic heterocycles. The number of carbonyl (C=O) groups excluding carboxylic acids is 1. The van der Waals surface area contributed by atoms with Crippen LogP contribution < -0.4 is 0 Å². The van der Waals surface area contributed by atoms with E-state index >= 15 is 0 Å². The van der Waals surface area contributed by atoms with Gasteiger partial charge in [0, 0.05) is 12.1 Å². The van der Waals surface area contributed by atoms with Gasteiger partial charge in [0.15, 0.2) is 5.78 Å². The van der Waals surface area contributed by atoms with Crippen LogP contribution in [0.4, 0.5) is 0 Å². The van der Waals surface area contributed by atoms with E-state index in [0.29, 0.717) is 6.42 Å². The van der Waals surface area contributed by atoms with Gasteiger partial charge in [-0.1, -0.05) is 30.3 Å². The van der Waals surface area contributed by atoms with Crippen LogP contribution in [0.15, 0.2) is 30.3 Å². The number of carbonyl (C=O) groups is 1. The monoisotopic (exact) mass is 240 g/mol. The highest BCUT2D eigenvalue weighted by Gasteiger charge is 2.24. The molecule has 18 heavy (non-hydrogen) atoms. The summed E-state index contributed by atoms with van der Waals surface area (Å²) in [4.78, 5) is 11.9. The number of Topliss-reactive ketones (excluding diaryl/α,β-unsaturated/α-hetero) is 1. The molecule has 0 fully saturated rings. The zero-order chi connectivity index (χ0) is 12.5. The first-order chi connectivity index (χ1) is 8.75. The van der Waals surface area contributed by atoms with Crippen LogP contribution in [0.25, 0.3) is 0 Å². The van der Waals surface area contributed by atoms with E-state index in [1.54, 1.807) is 0 Å². The smallest absolute Gasteiger partial charge is 0.166 e. The van der Waals surface area contributed by atoms with Gasteiger partial charge in [-0.25, -0.2) is 0 Å². The Morgan fingerprint density at radius 1 is 1.22 bits per heavy atom. The third-order valence-corrected chi connectivity index (χ3v) is 3.50. The van der Waals surface area contributed by atoms with Gasteiger partial charge in [0.2, 0.25) is 0 Å². The molecular weight excluding hydrogens is 224 g/mol. The molecular formula is C15H16N2O. The highest BCUT2D eigenvalue weighted by molar-refractivity contribution is 5.99. The molecule has 3 heteroatoms. The number of fused-ring (bicyclic) bond motifs is 1. The van der Waals surface area contributed by atoms with E-state index in [2.05, 4.69) is 17.2 Å². The zero-order valence-corrected chi connectivity index (χ0v) is 10.5. The number of rotatable bonds is 2. The topological polar surface area (TPSA) is 34.9 Å². The van der Waals surface area contributed by atoms with Crippen LogP contribution in [0.2, 0.25) is 0 Å². The number of benzene rings is 1. The van der Waals surface area contributed by atoms with E-state index < -0.39 is 0 Å². The van der Waals surface area contributed by atoms with Crippen molar-refractivity contribution in [2.45, 2.75) is 32.7 Å². The predicted octanol–water partition coefficient (Wildman–Crippen LogP) is 2.76. The van der Waals surface area contributed by atoms with Gasteiger partial charge < -0.3 is 0 Å². The highest BCUT2D eigenvalue weighted by Crippen LogP contribution is 2.24. The molecule has 92 valence electrons. The summed E-state index contributed by atoms with van der Waals surface area (Å²) < 4.78 is 2.00. The van der Waals surface area contributed by atoms with Crippen LogP contribution in [0.3, 0.4) is 0 Å². The van der Waals surface area contributed by atoms with E-state index in [1.807, 2.05) is 29.8 Å². The molecule has 1 heterocycles. The van der Waals surface area contributed by atoms with Crippen molar-refractivity contribution in [2.75, 3.05) is 0 Å². The molecule has 0 bridgehead atoms. The van der Waals surface area contributed by atoms with Gasteiger partial charge in [0.1, 0.15) is 0 Å². The van der Waals surface area contributed by atoms with Gasteiger partial charge in [0.25, 0.3) is 0 Å². The second-order valence-corrected chi connectivity index (χ2v) is 4.83. The summed E-state index contributed by atoms with van der Waals surface area (Å²) in [6, 6.07) is 10.3. The first-order valence-corrected chi connectivity index (χ1v) is 6.39. The fourth-order valence-corrected chi connectivity index (χ4v) is 2.67. The summed E-state index contributed by atoms with van der Waals surface area (Å²) in [5, 5.41) is 4.53. The molecule has 1 aromatic carbocycles. The number of aromatic nitrogens is 2. The lowest BCUT2D eigenvalue weighted by Crippen LogP contribution is -2.14. The quantitative estimate of drug-likeness (QED) is 0.809. The van der Waals surface area contributed by atoms with E-state index in [-0.39, 0.29) is 5.78 Å². The van der Waals surface area contributed by atoms with Gasteiger partial charge in [-0.15, -0.1) is 0 Å². The summed E-state index contributed by atoms with van der Waals surface area (Å²) in [5.74, 6) is 0.257. The van der Waals surface area contributed by atoms with Crippen LogP contribution in [0.5, 0.6) is 0 Å². The summed E-state index contributed by atoms with van der Waals surface area (Å²) in [6.45, 7) is 2.69. The molecule has 0 saturated heterocycles. The molecule has 0 radical (unpaired) electrons. The van der Waals surface area contributed by atoms with Crippen LogP contribution in [-0.4, -0.2) is 15.6 Å². The third-order valence-electron chi connectivity index (χ3n) is 3.50. The van der Waals surface area contributed by atoms with Crippen molar-refractivity contribution in [1.82, 2.24) is 9.78 Å². The van der Waals surface area contributed by atoms with Crippen LogP contribution in [-0.2, 0) is 13.0 Å². The second kappa shape index (κ2) is 4.41. The van der Waals surface area contributed by atoms with E-state index in [1.165, 1.54) is 5.56 Å². The van der Waals surface area contributed by atoms with Crippen LogP contribution in [0, 0.1) is 6.92 Å². The lowest BCUT2D eigenvalue weighted by atomic mass is 9.95. The Bertz CT molecular complexity index is 584. The van der Waals surface area contributed by atoms with Gasteiger partial charge in [-0.05, 0) is 25.3 Å². The average molecular weight is 240 g/mol. The lowest BCUT2D eigenvalue weighted by Gasteiger charge is -2.13. The number of aryl methyl sites for hydroxylation is 1. The van der Waals surface area contributed by atoms with Crippen molar-refractivity contribution in [3.63, 3.8) is 0 Å². The Kier molecular flexibility index (Phi) is 2.74. The SMILES string of the molecule is Cc1nn(Cc2ccccc2)c2c1C(=O)CCC2. The van der Waals surface area contributed by atoms with Gasteiger partial charge >= 0.3 is 0 Å². The van der Waals surface area contributed by atoms with Crippen molar-refractivity contribution >= 4 is 5.78 Å². The van der Waals surface area contributed by atoms with E-state index in [4.69, 9.17) is 0 Å². The van der Waals surface area contributed by atoms with Crippen molar-refractivity contribution in [2.24, 2.45) is 0 Å². The summed E-state index contributed by atoms with van der Waals surface area (Å²) in [6.07, 6.45) is 2.59. The Morgan fingerprint density at radius 3 is 2.78 bits per heavy atom. The van der Waals surface area contributed by atoms with Gasteiger partial charge in [-0.3, -0.25) is 9.48 Å². The summed E-state index contributed by atoms with van der Waals surface area (Å²) in [7, 11) is 0. The molecule has 1 aliphatic carbocycles. The third kappa shape index (κ3) is 1.86. The minimum Gasteiger partial charge on any atom is -0.294 e. The fraction of sp³-hybridized carbons (Fsp3) is 0.333. The zero-order valence-electron chi connectivity index (χ0n) is 10.5. The number of hydrogen-bond donors (Lipinski definition) is 0. The minimum atomic E-state index is 0.257. The molecule has 0 atom stereocenters. The highest BCUT2D eigenvalue weighted by atomic mass is 16.1. The number of ketones is 1. The maximum atomic E-state index is 11.9. The van der Waals surface area contributed by atoms with Crippen LogP contribution in [0.1, 0.15) is 40.2 Å². The maximum absolute atomic E-state index is 11.9. The van der Waals surface area contributed by atoms with E-state index in [0.717, 1.165) is 36.3 Å². The average Bonchev–Trinajstić information content (AvgIpc) is 2.69. The van der Waals surface area contributed by atoms with Gasteiger partial charge in [0.05, 0.1) is 17.8 Å². The van der Waals surface area contributed by atoms with E-state index in [9.17, 15) is 4.79 Å². The molecule has 0 spiro atoms. The lowest BCUT2D eigenvalue weighted by molar-refractivity contribution is 0.0971. The first-order valence-electron chi connectivity index (χ1n) is 6.39. The second-order valence-electron chi connectivity index (χ2n) is 4.83. The Morgan fingerprint density at radius 2 is 2.00 bits per heavy atom. The summed E-state index contributed by atoms with van der Waals surface area (Å²) >= 11 is 0. The molecule has 0 amide bonds. The standard InChI is InChI=1S/C15H16N2O/c1-11-15-13(8-5-9-14(15)18)17(16-11)10-12-6-3-2-4-7-12/h2-4,6-7H,5,8-10H2,1H3. The fourth-order valence-electron chi connectivity index (χ4n) is 2.67. The molecule has 0 N–H and O–H groups in total. The van der Waals surface area contributed by atoms with Crippen molar-refractivity contribution in [3.05, 3.63) is 52.8 Å². The Balaban J connectivity index is 1.99. The largest absolute Gasteiger partial charge is 0.294 e. The molecule has 0 aliphatic heterocycles. The summed E-state index contributed by atoms with van der Waals surface area (Å²) in [5.41, 5.74) is 4.09. The maximum Gasteiger partial charge on any atom is 0.166 e. The van der Waals surface area contributed by atoms with Crippen LogP contribution >= 0.6 is 0 Å². The molecule has 1 aliphatic rings. The molecule has 2 aromatic rings. The number of nitrogens with zero attached hydrogens (tertiary/aromatic N) is 2. The normalized spacial score (nSPS) is 14.6. The van der Waals surface area contributed by atoms with Crippen molar-refractivity contribution in [1.29, 1.82) is 0 Å². The van der Waals surface area contributed by atoms with Gasteiger partial charge in [-0.2, -0.15) is 5.10 Å².